The van der Waals surface area contributed by atoms with Gasteiger partial charge in [-0.2, -0.15) is 0 Å². The topological polar surface area (TPSA) is 77.8 Å². The van der Waals surface area contributed by atoms with Gasteiger partial charge in [-0.05, 0) is 12.5 Å². The van der Waals surface area contributed by atoms with E-state index >= 15 is 0 Å². The molecule has 1 aromatic carbocycles. The molecule has 15 heavy (non-hydrogen) atoms. The zero-order valence-corrected chi connectivity index (χ0v) is 8.42. The summed E-state index contributed by atoms with van der Waals surface area (Å²) in [6, 6.07) is 6.94. The van der Waals surface area contributed by atoms with Gasteiger partial charge in [0, 0.05) is 0 Å². The van der Waals surface area contributed by atoms with Crippen LogP contribution in [0.25, 0.3) is 0 Å². The number of hydrogen-bond donors (Lipinski definition) is 3. The van der Waals surface area contributed by atoms with Gasteiger partial charge < -0.3 is 15.3 Å². The smallest absolute Gasteiger partial charge is 0.306 e. The molecule has 2 unspecified atom stereocenters. The minimum Gasteiger partial charge on any atom is -0.481 e. The first-order valence-corrected chi connectivity index (χ1v) is 4.65. The van der Waals surface area contributed by atoms with E-state index in [1.807, 2.05) is 6.92 Å². The molecule has 0 spiro atoms. The minimum absolute atomic E-state index is 0.463. The van der Waals surface area contributed by atoms with E-state index in [0.29, 0.717) is 5.56 Å². The fraction of sp³-hybridized carbons (Fsp3) is 0.364. The van der Waals surface area contributed by atoms with E-state index in [1.54, 1.807) is 24.3 Å². The molecule has 0 fully saturated rings. The highest BCUT2D eigenvalue weighted by atomic mass is 16.4. The molecule has 0 amide bonds. The second kappa shape index (κ2) is 4.91. The van der Waals surface area contributed by atoms with E-state index in [4.69, 9.17) is 5.11 Å². The normalized spacial score (nSPS) is 14.6. The van der Waals surface area contributed by atoms with Crippen molar-refractivity contribution in [1.29, 1.82) is 0 Å². The van der Waals surface area contributed by atoms with Crippen molar-refractivity contribution in [3.05, 3.63) is 35.4 Å². The van der Waals surface area contributed by atoms with Crippen molar-refractivity contribution in [3.8, 4) is 0 Å². The van der Waals surface area contributed by atoms with Gasteiger partial charge in [0.2, 0.25) is 0 Å². The van der Waals surface area contributed by atoms with Crippen LogP contribution in [0.5, 0.6) is 0 Å². The molecule has 4 nitrogen and oxygen atoms in total. The maximum atomic E-state index is 10.3. The Morgan fingerprint density at radius 1 is 1.27 bits per heavy atom. The molecule has 3 N–H and O–H groups in total. The average molecular weight is 210 g/mol. The van der Waals surface area contributed by atoms with Crippen LogP contribution in [0.1, 0.15) is 23.7 Å². The van der Waals surface area contributed by atoms with Crippen LogP contribution >= 0.6 is 0 Å². The first-order chi connectivity index (χ1) is 7.00. The van der Waals surface area contributed by atoms with Gasteiger partial charge in [0.05, 0.1) is 12.5 Å². The van der Waals surface area contributed by atoms with Crippen molar-refractivity contribution in [2.24, 2.45) is 0 Å². The highest BCUT2D eigenvalue weighted by Gasteiger charge is 2.20. The number of rotatable bonds is 4. The van der Waals surface area contributed by atoms with Crippen molar-refractivity contribution in [2.75, 3.05) is 0 Å². The summed E-state index contributed by atoms with van der Waals surface area (Å²) in [6.07, 6.45) is -2.89. The van der Waals surface area contributed by atoms with Crippen LogP contribution in [0.4, 0.5) is 0 Å². The van der Waals surface area contributed by atoms with Gasteiger partial charge in [-0.25, -0.2) is 0 Å². The maximum absolute atomic E-state index is 10.3. The predicted molar refractivity (Wildman–Crippen MR) is 54.4 cm³/mol. The van der Waals surface area contributed by atoms with Crippen LogP contribution in [0.15, 0.2) is 24.3 Å². The molecule has 2 atom stereocenters. The van der Waals surface area contributed by atoms with Crippen LogP contribution in [0.3, 0.4) is 0 Å². The standard InChI is InChI=1S/C11H14O4/c1-7-2-4-8(5-3-7)11(15)9(12)6-10(13)14/h2-5,9,11-12,15H,6H2,1H3,(H,13,14). The van der Waals surface area contributed by atoms with Gasteiger partial charge in [0.1, 0.15) is 6.10 Å². The predicted octanol–water partition coefficient (Wildman–Crippen LogP) is 0.864. The number of aliphatic hydroxyl groups is 2. The van der Waals surface area contributed by atoms with E-state index in [2.05, 4.69) is 0 Å². The number of aliphatic carboxylic acids is 1. The summed E-state index contributed by atoms with van der Waals surface area (Å²) < 4.78 is 0. The largest absolute Gasteiger partial charge is 0.481 e. The van der Waals surface area contributed by atoms with Crippen LogP contribution in [-0.2, 0) is 4.79 Å². The summed E-state index contributed by atoms with van der Waals surface area (Å²) >= 11 is 0. The second-order valence-corrected chi connectivity index (χ2v) is 3.52. The summed E-state index contributed by atoms with van der Waals surface area (Å²) in [5, 5.41) is 27.4. The Morgan fingerprint density at radius 2 is 1.80 bits per heavy atom. The highest BCUT2D eigenvalue weighted by Crippen LogP contribution is 2.19. The Kier molecular flexibility index (Phi) is 3.82. The molecular formula is C11H14O4. The summed E-state index contributed by atoms with van der Waals surface area (Å²) in [6.45, 7) is 1.91. The second-order valence-electron chi connectivity index (χ2n) is 3.52. The van der Waals surface area contributed by atoms with Gasteiger partial charge in [-0.15, -0.1) is 0 Å². The lowest BCUT2D eigenvalue weighted by Gasteiger charge is -2.16. The van der Waals surface area contributed by atoms with Gasteiger partial charge in [0.25, 0.3) is 0 Å². The molecule has 0 heterocycles. The van der Waals surface area contributed by atoms with Gasteiger partial charge in [-0.1, -0.05) is 29.8 Å². The van der Waals surface area contributed by atoms with Crippen molar-refractivity contribution in [2.45, 2.75) is 25.6 Å². The Bertz CT molecular complexity index is 331. The first-order valence-electron chi connectivity index (χ1n) is 4.65. The molecule has 0 aliphatic rings. The Morgan fingerprint density at radius 3 is 2.27 bits per heavy atom. The molecule has 0 bridgehead atoms. The monoisotopic (exact) mass is 210 g/mol. The van der Waals surface area contributed by atoms with E-state index < -0.39 is 24.6 Å². The van der Waals surface area contributed by atoms with Gasteiger partial charge in [-0.3, -0.25) is 4.79 Å². The number of carbonyl (C=O) groups is 1. The molecule has 0 radical (unpaired) electrons. The SMILES string of the molecule is Cc1ccc(C(O)C(O)CC(=O)O)cc1. The molecule has 0 aromatic heterocycles. The Labute approximate surface area is 87.8 Å². The lowest BCUT2D eigenvalue weighted by atomic mass is 10.0. The molecule has 0 aliphatic heterocycles. The summed E-state index contributed by atoms with van der Waals surface area (Å²) in [7, 11) is 0. The quantitative estimate of drug-likeness (QED) is 0.689. The van der Waals surface area contributed by atoms with Crippen LogP contribution in [0.2, 0.25) is 0 Å². The molecular weight excluding hydrogens is 196 g/mol. The fourth-order valence-corrected chi connectivity index (χ4v) is 1.28. The van der Waals surface area contributed by atoms with E-state index in [-0.39, 0.29) is 0 Å². The number of carboxylic acids is 1. The van der Waals surface area contributed by atoms with Gasteiger partial charge in [0.15, 0.2) is 0 Å². The van der Waals surface area contributed by atoms with E-state index in [1.165, 1.54) is 0 Å². The highest BCUT2D eigenvalue weighted by molar-refractivity contribution is 5.67. The third-order valence-corrected chi connectivity index (χ3v) is 2.17. The lowest BCUT2D eigenvalue weighted by Crippen LogP contribution is -2.21. The zero-order valence-electron chi connectivity index (χ0n) is 8.42. The van der Waals surface area contributed by atoms with Crippen LogP contribution in [0, 0.1) is 6.92 Å². The van der Waals surface area contributed by atoms with Crippen molar-refractivity contribution in [1.82, 2.24) is 0 Å². The number of carboxylic acid groups (broad SMARTS) is 1. The van der Waals surface area contributed by atoms with Crippen molar-refractivity contribution in [3.63, 3.8) is 0 Å². The number of aliphatic hydroxyl groups excluding tert-OH is 2. The van der Waals surface area contributed by atoms with Crippen LogP contribution < -0.4 is 0 Å². The van der Waals surface area contributed by atoms with Crippen molar-refractivity contribution >= 4 is 5.97 Å². The third kappa shape index (κ3) is 3.34. The third-order valence-electron chi connectivity index (χ3n) is 2.17. The zero-order chi connectivity index (χ0) is 11.4. The Hall–Kier alpha value is -1.39. The van der Waals surface area contributed by atoms with E-state index in [9.17, 15) is 15.0 Å². The molecule has 0 aliphatic carbocycles. The number of benzene rings is 1. The molecule has 4 heteroatoms. The average Bonchev–Trinajstić information content (AvgIpc) is 2.17. The lowest BCUT2D eigenvalue weighted by molar-refractivity contribution is -0.141. The number of aryl methyl sites for hydroxylation is 1. The summed E-state index contributed by atoms with van der Waals surface area (Å²) in [4.78, 5) is 10.3. The van der Waals surface area contributed by atoms with E-state index in [0.717, 1.165) is 5.56 Å². The van der Waals surface area contributed by atoms with Crippen molar-refractivity contribution < 1.29 is 20.1 Å². The molecule has 0 saturated carbocycles. The summed E-state index contributed by atoms with van der Waals surface area (Å²) in [5.74, 6) is -1.13. The minimum atomic E-state index is -1.27. The molecule has 1 rings (SSSR count). The molecule has 0 saturated heterocycles. The van der Waals surface area contributed by atoms with Crippen LogP contribution in [-0.4, -0.2) is 27.4 Å². The fourth-order valence-electron chi connectivity index (χ4n) is 1.28. The number of hydrogen-bond acceptors (Lipinski definition) is 3. The maximum Gasteiger partial charge on any atom is 0.306 e. The van der Waals surface area contributed by atoms with Gasteiger partial charge >= 0.3 is 5.97 Å². The molecule has 1 aromatic rings. The molecule has 82 valence electrons. The Balaban J connectivity index is 2.71. The first kappa shape index (κ1) is 11.7. The summed E-state index contributed by atoms with van der Waals surface area (Å²) in [5.41, 5.74) is 1.56.